The predicted molar refractivity (Wildman–Crippen MR) is 113 cm³/mol. The van der Waals surface area contributed by atoms with Crippen LogP contribution in [0.25, 0.3) is 22.8 Å². The van der Waals surface area contributed by atoms with Crippen molar-refractivity contribution < 1.29 is 14.1 Å². The van der Waals surface area contributed by atoms with Crippen molar-refractivity contribution in [2.75, 3.05) is 11.9 Å². The molecule has 7 nitrogen and oxygen atoms in total. The summed E-state index contributed by atoms with van der Waals surface area (Å²) in [5.74, 6) is 1.13. The number of nitrogens with zero attached hydrogens (tertiary/aromatic N) is 3. The van der Waals surface area contributed by atoms with Gasteiger partial charge in [-0.3, -0.25) is 9.78 Å². The molecule has 2 aromatic carbocycles. The van der Waals surface area contributed by atoms with Crippen molar-refractivity contribution in [2.45, 2.75) is 13.8 Å². The normalized spacial score (nSPS) is 10.6. The van der Waals surface area contributed by atoms with Crippen LogP contribution in [0, 0.1) is 13.8 Å². The smallest absolute Gasteiger partial charge is 0.262 e. The summed E-state index contributed by atoms with van der Waals surface area (Å²) in [6.07, 6.45) is 3.32. The first-order valence-corrected chi connectivity index (χ1v) is 9.43. The molecule has 0 aliphatic rings. The highest BCUT2D eigenvalue weighted by Gasteiger charge is 2.15. The number of nitrogens with one attached hydrogen (secondary N) is 1. The zero-order chi connectivity index (χ0) is 20.9. The highest BCUT2D eigenvalue weighted by atomic mass is 16.5. The van der Waals surface area contributed by atoms with Gasteiger partial charge in [0.1, 0.15) is 5.75 Å². The fourth-order valence-electron chi connectivity index (χ4n) is 2.87. The average molecular weight is 400 g/mol. The van der Waals surface area contributed by atoms with Crippen LogP contribution in [0.3, 0.4) is 0 Å². The van der Waals surface area contributed by atoms with Crippen molar-refractivity contribution in [1.29, 1.82) is 0 Å². The zero-order valence-corrected chi connectivity index (χ0v) is 16.6. The number of anilines is 1. The molecule has 1 amide bonds. The largest absolute Gasteiger partial charge is 0.484 e. The number of ether oxygens (including phenoxy) is 1. The SMILES string of the molecule is Cc1ccc(OCC(=O)Nc2ccccc2-c2nc(-c3ccncc3)no2)cc1C. The molecule has 1 N–H and O–H groups in total. The number of carbonyl (C=O) groups excluding carboxylic acids is 1. The van der Waals surface area contributed by atoms with E-state index in [0.29, 0.717) is 28.7 Å². The van der Waals surface area contributed by atoms with Crippen LogP contribution in [-0.2, 0) is 4.79 Å². The zero-order valence-electron chi connectivity index (χ0n) is 16.6. The third-order valence-corrected chi connectivity index (χ3v) is 4.64. The molecular formula is C23H20N4O3. The van der Waals surface area contributed by atoms with Gasteiger partial charge in [0, 0.05) is 18.0 Å². The lowest BCUT2D eigenvalue weighted by molar-refractivity contribution is -0.118. The molecule has 4 aromatic rings. The summed E-state index contributed by atoms with van der Waals surface area (Å²) >= 11 is 0. The van der Waals surface area contributed by atoms with E-state index in [1.54, 1.807) is 30.6 Å². The first-order chi connectivity index (χ1) is 14.6. The van der Waals surface area contributed by atoms with Crippen LogP contribution < -0.4 is 10.1 Å². The molecule has 0 atom stereocenters. The fourth-order valence-corrected chi connectivity index (χ4v) is 2.87. The lowest BCUT2D eigenvalue weighted by Gasteiger charge is -2.10. The molecule has 7 heteroatoms. The third-order valence-electron chi connectivity index (χ3n) is 4.64. The van der Waals surface area contributed by atoms with Gasteiger partial charge in [-0.1, -0.05) is 23.4 Å². The summed E-state index contributed by atoms with van der Waals surface area (Å²) in [5, 5.41) is 6.88. The van der Waals surface area contributed by atoms with Crippen LogP contribution in [0.2, 0.25) is 0 Å². The number of aryl methyl sites for hydroxylation is 2. The molecule has 30 heavy (non-hydrogen) atoms. The minimum Gasteiger partial charge on any atom is -0.484 e. The van der Waals surface area contributed by atoms with Crippen molar-refractivity contribution in [3.63, 3.8) is 0 Å². The summed E-state index contributed by atoms with van der Waals surface area (Å²) in [6, 6.07) is 16.6. The second kappa shape index (κ2) is 8.57. The number of carbonyl (C=O) groups is 1. The van der Waals surface area contributed by atoms with Crippen LogP contribution in [-0.4, -0.2) is 27.6 Å². The number of benzene rings is 2. The topological polar surface area (TPSA) is 90.1 Å². The molecule has 4 rings (SSSR count). The van der Waals surface area contributed by atoms with Gasteiger partial charge in [0.2, 0.25) is 5.82 Å². The Hall–Kier alpha value is -4.00. The summed E-state index contributed by atoms with van der Waals surface area (Å²) in [5.41, 5.74) is 4.27. The molecule has 2 aromatic heterocycles. The van der Waals surface area contributed by atoms with Gasteiger partial charge in [0.15, 0.2) is 6.61 Å². The van der Waals surface area contributed by atoms with Gasteiger partial charge in [-0.15, -0.1) is 0 Å². The number of pyridine rings is 1. The number of hydrogen-bond donors (Lipinski definition) is 1. The van der Waals surface area contributed by atoms with Gasteiger partial charge in [-0.05, 0) is 61.4 Å². The summed E-state index contributed by atoms with van der Waals surface area (Å²) in [4.78, 5) is 20.9. The molecule has 0 aliphatic carbocycles. The van der Waals surface area contributed by atoms with Crippen LogP contribution in [0.4, 0.5) is 5.69 Å². The van der Waals surface area contributed by atoms with Crippen LogP contribution in [0.1, 0.15) is 11.1 Å². The van der Waals surface area contributed by atoms with Gasteiger partial charge < -0.3 is 14.6 Å². The molecule has 0 spiro atoms. The molecule has 0 aliphatic heterocycles. The van der Waals surface area contributed by atoms with E-state index in [4.69, 9.17) is 9.26 Å². The van der Waals surface area contributed by atoms with Crippen LogP contribution in [0.5, 0.6) is 5.75 Å². The van der Waals surface area contributed by atoms with E-state index in [9.17, 15) is 4.79 Å². The predicted octanol–water partition coefficient (Wildman–Crippen LogP) is 4.43. The van der Waals surface area contributed by atoms with Crippen LogP contribution in [0.15, 0.2) is 71.5 Å². The van der Waals surface area contributed by atoms with E-state index in [-0.39, 0.29) is 12.5 Å². The molecule has 2 heterocycles. The van der Waals surface area contributed by atoms with E-state index >= 15 is 0 Å². The van der Waals surface area contributed by atoms with E-state index in [1.165, 1.54) is 5.56 Å². The van der Waals surface area contributed by atoms with E-state index in [0.717, 1.165) is 11.1 Å². The minimum atomic E-state index is -0.283. The van der Waals surface area contributed by atoms with Crippen LogP contribution >= 0.6 is 0 Å². The monoisotopic (exact) mass is 400 g/mol. The van der Waals surface area contributed by atoms with Crippen molar-refractivity contribution >= 4 is 11.6 Å². The minimum absolute atomic E-state index is 0.108. The Kier molecular flexibility index (Phi) is 5.52. The van der Waals surface area contributed by atoms with Crippen molar-refractivity contribution in [3.05, 3.63) is 78.1 Å². The number of aromatic nitrogens is 3. The number of para-hydroxylation sites is 1. The van der Waals surface area contributed by atoms with Gasteiger partial charge in [-0.25, -0.2) is 0 Å². The Labute approximate surface area is 173 Å². The lowest BCUT2D eigenvalue weighted by Crippen LogP contribution is -2.20. The first kappa shape index (κ1) is 19.3. The fraction of sp³-hybridized carbons (Fsp3) is 0.130. The third kappa shape index (κ3) is 4.35. The Bertz CT molecular complexity index is 1170. The van der Waals surface area contributed by atoms with Gasteiger partial charge in [0.05, 0.1) is 11.3 Å². The van der Waals surface area contributed by atoms with Gasteiger partial charge in [0.25, 0.3) is 11.8 Å². The summed E-state index contributed by atoms with van der Waals surface area (Å²) in [6.45, 7) is 3.92. The average Bonchev–Trinajstić information content (AvgIpc) is 3.26. The maximum absolute atomic E-state index is 12.4. The molecule has 0 fully saturated rings. The van der Waals surface area contributed by atoms with Crippen molar-refractivity contribution in [3.8, 4) is 28.6 Å². The summed E-state index contributed by atoms with van der Waals surface area (Å²) < 4.78 is 11.0. The molecule has 0 bridgehead atoms. The lowest BCUT2D eigenvalue weighted by atomic mass is 10.1. The maximum Gasteiger partial charge on any atom is 0.262 e. The molecule has 0 unspecified atom stereocenters. The Balaban J connectivity index is 1.47. The summed E-state index contributed by atoms with van der Waals surface area (Å²) in [7, 11) is 0. The Morgan fingerprint density at radius 1 is 1.03 bits per heavy atom. The van der Waals surface area contributed by atoms with Gasteiger partial charge >= 0.3 is 0 Å². The highest BCUT2D eigenvalue weighted by Crippen LogP contribution is 2.28. The molecule has 0 saturated carbocycles. The Morgan fingerprint density at radius 3 is 2.63 bits per heavy atom. The first-order valence-electron chi connectivity index (χ1n) is 9.43. The van der Waals surface area contributed by atoms with Crippen molar-refractivity contribution in [1.82, 2.24) is 15.1 Å². The van der Waals surface area contributed by atoms with E-state index in [1.807, 2.05) is 50.2 Å². The molecular weight excluding hydrogens is 380 g/mol. The van der Waals surface area contributed by atoms with Gasteiger partial charge in [-0.2, -0.15) is 4.98 Å². The number of rotatable bonds is 6. The van der Waals surface area contributed by atoms with E-state index in [2.05, 4.69) is 20.4 Å². The molecule has 150 valence electrons. The van der Waals surface area contributed by atoms with E-state index < -0.39 is 0 Å². The second-order valence-electron chi connectivity index (χ2n) is 6.79. The second-order valence-corrected chi connectivity index (χ2v) is 6.79. The number of hydrogen-bond acceptors (Lipinski definition) is 6. The van der Waals surface area contributed by atoms with Crippen molar-refractivity contribution in [2.24, 2.45) is 0 Å². The molecule has 0 saturated heterocycles. The molecule has 0 radical (unpaired) electrons. The Morgan fingerprint density at radius 2 is 1.83 bits per heavy atom. The number of amides is 1. The standard InChI is InChI=1S/C23H20N4O3/c1-15-7-8-18(13-16(15)2)29-14-21(28)25-20-6-4-3-5-19(20)23-26-22(27-30-23)17-9-11-24-12-10-17/h3-13H,14H2,1-2H3,(H,25,28). The quantitative estimate of drug-likeness (QED) is 0.515. The highest BCUT2D eigenvalue weighted by molar-refractivity contribution is 5.95. The maximum atomic E-state index is 12.4.